The summed E-state index contributed by atoms with van der Waals surface area (Å²) in [4.78, 5) is 9.85. The molecule has 7 nitrogen and oxygen atoms in total. The second kappa shape index (κ2) is 10.0. The van der Waals surface area contributed by atoms with Crippen LogP contribution in [-0.2, 0) is 0 Å². The van der Waals surface area contributed by atoms with Crippen LogP contribution in [0, 0.1) is 22.7 Å². The van der Waals surface area contributed by atoms with Crippen molar-refractivity contribution in [2.45, 2.75) is 19.5 Å². The van der Waals surface area contributed by atoms with Crippen LogP contribution >= 0.6 is 23.2 Å². The van der Waals surface area contributed by atoms with Crippen molar-refractivity contribution in [1.29, 1.82) is 10.7 Å². The lowest BCUT2D eigenvalue weighted by atomic mass is 9.98. The number of nitrogens with two attached hydrogens (primary N) is 1. The molecule has 180 valence electrons. The van der Waals surface area contributed by atoms with Crippen molar-refractivity contribution >= 4 is 40.4 Å². The second-order valence-corrected chi connectivity index (χ2v) is 8.92. The van der Waals surface area contributed by atoms with Gasteiger partial charge in [-0.3, -0.25) is 10.4 Å². The molecule has 3 aromatic rings. The molecule has 0 radical (unpaired) electrons. The number of pyridine rings is 2. The fourth-order valence-corrected chi connectivity index (χ4v) is 4.50. The third-order valence-electron chi connectivity index (χ3n) is 5.75. The maximum atomic E-state index is 12.8. The van der Waals surface area contributed by atoms with E-state index < -0.39 is 18.4 Å². The van der Waals surface area contributed by atoms with Gasteiger partial charge in [-0.15, -0.1) is 0 Å². The Hall–Kier alpha value is -3.48. The zero-order chi connectivity index (χ0) is 25.3. The Morgan fingerprint density at radius 1 is 1.23 bits per heavy atom. The zero-order valence-corrected chi connectivity index (χ0v) is 20.0. The van der Waals surface area contributed by atoms with Gasteiger partial charge < -0.3 is 15.4 Å². The van der Waals surface area contributed by atoms with Crippen LogP contribution in [-0.4, -0.2) is 35.2 Å². The highest BCUT2D eigenvalue weighted by molar-refractivity contribution is 6.35. The smallest absolute Gasteiger partial charge is 0.244 e. The van der Waals surface area contributed by atoms with Crippen molar-refractivity contribution in [3.05, 3.63) is 75.2 Å². The quantitative estimate of drug-likeness (QED) is 0.317. The minimum Gasteiger partial charge on any atom is -0.486 e. The van der Waals surface area contributed by atoms with Gasteiger partial charge in [0.25, 0.3) is 0 Å². The Bertz CT molecular complexity index is 1300. The second-order valence-electron chi connectivity index (χ2n) is 8.11. The first-order valence-electron chi connectivity index (χ1n) is 10.6. The molecule has 1 aromatic carbocycles. The van der Waals surface area contributed by atoms with E-state index in [0.29, 0.717) is 44.0 Å². The maximum absolute atomic E-state index is 12.8. The zero-order valence-electron chi connectivity index (χ0n) is 18.5. The maximum Gasteiger partial charge on any atom is 0.244 e. The lowest BCUT2D eigenvalue weighted by molar-refractivity contribution is 0.0611. The molecule has 3 heterocycles. The molecule has 35 heavy (non-hydrogen) atoms. The fraction of sp³-hybridized carbons (Fsp3) is 0.250. The van der Waals surface area contributed by atoms with E-state index in [1.165, 1.54) is 24.7 Å². The number of benzene rings is 1. The highest BCUT2D eigenvalue weighted by Crippen LogP contribution is 2.34. The first kappa shape index (κ1) is 24.6. The summed E-state index contributed by atoms with van der Waals surface area (Å²) in [5, 5.41) is 19.0. The van der Waals surface area contributed by atoms with Crippen molar-refractivity contribution in [3.8, 4) is 11.8 Å². The SMILES string of the molecule is C[C@@H](Oc1ccc(N)c(C(=N)c2cnc(N3CC(C(F)F)C3)c(C#N)c2)c1)c1c(Cl)cncc1Cl. The van der Waals surface area contributed by atoms with Gasteiger partial charge in [-0.05, 0) is 31.2 Å². The minimum absolute atomic E-state index is 0.0326. The van der Waals surface area contributed by atoms with Crippen LogP contribution in [0.25, 0.3) is 0 Å². The Labute approximate surface area is 210 Å². The average Bonchev–Trinajstić information content (AvgIpc) is 2.78. The molecule has 0 saturated carbocycles. The van der Waals surface area contributed by atoms with Gasteiger partial charge in [0.05, 0.1) is 27.2 Å². The summed E-state index contributed by atoms with van der Waals surface area (Å²) in [6.45, 7) is 2.04. The van der Waals surface area contributed by atoms with Crippen molar-refractivity contribution < 1.29 is 13.5 Å². The molecule has 0 spiro atoms. The topological polar surface area (TPSA) is 112 Å². The Morgan fingerprint density at radius 2 is 1.91 bits per heavy atom. The number of hydrogen-bond acceptors (Lipinski definition) is 7. The first-order chi connectivity index (χ1) is 16.7. The van der Waals surface area contributed by atoms with E-state index in [2.05, 4.69) is 9.97 Å². The summed E-state index contributed by atoms with van der Waals surface area (Å²) in [5.41, 5.74) is 8.00. The van der Waals surface area contributed by atoms with Crippen molar-refractivity contribution in [3.63, 3.8) is 0 Å². The molecule has 1 saturated heterocycles. The van der Waals surface area contributed by atoms with E-state index in [9.17, 15) is 14.0 Å². The van der Waals surface area contributed by atoms with Crippen LogP contribution in [0.2, 0.25) is 10.0 Å². The molecular formula is C24H20Cl2F2N6O. The monoisotopic (exact) mass is 516 g/mol. The van der Waals surface area contributed by atoms with Gasteiger partial charge in [-0.2, -0.15) is 5.26 Å². The molecule has 4 rings (SSSR count). The molecule has 2 aromatic heterocycles. The van der Waals surface area contributed by atoms with Gasteiger partial charge in [0.1, 0.15) is 23.7 Å². The number of nitrogens with one attached hydrogen (secondary N) is 1. The lowest BCUT2D eigenvalue weighted by Gasteiger charge is -2.39. The van der Waals surface area contributed by atoms with Crippen molar-refractivity contribution in [1.82, 2.24) is 9.97 Å². The molecule has 0 aliphatic carbocycles. The summed E-state index contributed by atoms with van der Waals surface area (Å²) < 4.78 is 31.6. The number of anilines is 2. The molecular weight excluding hydrogens is 497 g/mol. The number of alkyl halides is 2. The van der Waals surface area contributed by atoms with E-state index in [0.717, 1.165) is 0 Å². The standard InChI is InChI=1S/C24H20Cl2F2N6O/c1-12(21-18(25)8-32-9-19(21)26)35-16-2-3-20(30)17(5-16)22(31)14-4-13(6-29)24(33-7-14)34-10-15(11-34)23(27)28/h2-5,7-9,12,15,23,31H,10-11,30H2,1H3/t12-/m1/s1. The van der Waals surface area contributed by atoms with Crippen molar-refractivity contribution in [2.24, 2.45) is 5.92 Å². The Balaban J connectivity index is 1.57. The van der Waals surface area contributed by atoms with E-state index >= 15 is 0 Å². The molecule has 3 N–H and O–H groups in total. The van der Waals surface area contributed by atoms with Gasteiger partial charge in [0.2, 0.25) is 6.43 Å². The van der Waals surface area contributed by atoms with E-state index in [4.69, 9.17) is 39.1 Å². The summed E-state index contributed by atoms with van der Waals surface area (Å²) in [6, 6.07) is 8.43. The number of nitriles is 1. The summed E-state index contributed by atoms with van der Waals surface area (Å²) >= 11 is 12.4. The number of halogens is 4. The van der Waals surface area contributed by atoms with Gasteiger partial charge in [-0.25, -0.2) is 13.8 Å². The Morgan fingerprint density at radius 3 is 2.54 bits per heavy atom. The fourth-order valence-electron chi connectivity index (χ4n) is 3.83. The number of nitrogens with zero attached hydrogens (tertiary/aromatic N) is 4. The lowest BCUT2D eigenvalue weighted by Crippen LogP contribution is -2.50. The van der Waals surface area contributed by atoms with Gasteiger partial charge >= 0.3 is 0 Å². The van der Waals surface area contributed by atoms with E-state index in [1.54, 1.807) is 30.0 Å². The molecule has 0 amide bonds. The first-order valence-corrected chi connectivity index (χ1v) is 11.3. The van der Waals surface area contributed by atoms with Gasteiger partial charge in [0.15, 0.2) is 0 Å². The molecule has 0 bridgehead atoms. The van der Waals surface area contributed by atoms with Crippen LogP contribution in [0.15, 0.2) is 42.9 Å². The number of ether oxygens (including phenoxy) is 1. The largest absolute Gasteiger partial charge is 0.486 e. The predicted molar refractivity (Wildman–Crippen MR) is 131 cm³/mol. The van der Waals surface area contributed by atoms with Crippen molar-refractivity contribution in [2.75, 3.05) is 23.7 Å². The number of rotatable bonds is 7. The van der Waals surface area contributed by atoms with Crippen LogP contribution in [0.3, 0.4) is 0 Å². The molecule has 1 aliphatic heterocycles. The normalized spacial score (nSPS) is 14.4. The predicted octanol–water partition coefficient (Wildman–Crippen LogP) is 5.49. The third-order valence-corrected chi connectivity index (χ3v) is 6.35. The van der Waals surface area contributed by atoms with E-state index in [1.807, 2.05) is 6.07 Å². The summed E-state index contributed by atoms with van der Waals surface area (Å²) in [6.07, 6.45) is 1.47. The van der Waals surface area contributed by atoms with Crippen LogP contribution in [0.1, 0.15) is 35.3 Å². The van der Waals surface area contributed by atoms with E-state index in [-0.39, 0.29) is 24.4 Å². The molecule has 11 heteroatoms. The molecule has 1 aliphatic rings. The Kier molecular flexibility index (Phi) is 7.05. The number of hydrogen-bond donors (Lipinski definition) is 2. The van der Waals surface area contributed by atoms with Crippen LogP contribution in [0.5, 0.6) is 5.75 Å². The highest BCUT2D eigenvalue weighted by Gasteiger charge is 2.35. The number of nitrogen functional groups attached to an aromatic ring is 1. The summed E-state index contributed by atoms with van der Waals surface area (Å²) in [7, 11) is 0. The average molecular weight is 517 g/mol. The minimum atomic E-state index is -2.41. The highest BCUT2D eigenvalue weighted by atomic mass is 35.5. The van der Waals surface area contributed by atoms with Crippen LogP contribution in [0.4, 0.5) is 20.3 Å². The van der Waals surface area contributed by atoms with Crippen LogP contribution < -0.4 is 15.4 Å². The molecule has 1 fully saturated rings. The molecule has 0 unspecified atom stereocenters. The van der Waals surface area contributed by atoms with Gasteiger partial charge in [0, 0.05) is 54.1 Å². The third kappa shape index (κ3) is 4.99. The van der Waals surface area contributed by atoms with Gasteiger partial charge in [-0.1, -0.05) is 23.2 Å². The summed E-state index contributed by atoms with van der Waals surface area (Å²) in [5.74, 6) is 0.0215. The number of aromatic nitrogens is 2. The molecule has 1 atom stereocenters.